The Bertz CT molecular complexity index is 491. The summed E-state index contributed by atoms with van der Waals surface area (Å²) in [6.45, 7) is 2.22. The molecule has 17 heavy (non-hydrogen) atoms. The molecular weight excluding hydrogens is 327 g/mol. The van der Waals surface area contributed by atoms with Crippen molar-refractivity contribution >= 4 is 22.6 Å². The normalized spacial score (nSPS) is 28.6. The fourth-order valence-electron chi connectivity index (χ4n) is 2.84. The summed E-state index contributed by atoms with van der Waals surface area (Å²) in [5.74, 6) is 2.65. The number of hydrogen-bond acceptors (Lipinski definition) is 2. The zero-order valence-electron chi connectivity index (χ0n) is 10.0. The topological polar surface area (TPSA) is 45.8 Å². The van der Waals surface area contributed by atoms with Crippen molar-refractivity contribution in [3.63, 3.8) is 0 Å². The first-order chi connectivity index (χ1) is 8.16. The van der Waals surface area contributed by atoms with Gasteiger partial charge in [0.1, 0.15) is 5.82 Å². The first kappa shape index (κ1) is 11.7. The maximum atomic E-state index is 12.0. The molecule has 4 heteroatoms. The van der Waals surface area contributed by atoms with Gasteiger partial charge in [-0.3, -0.25) is 4.79 Å². The van der Waals surface area contributed by atoms with Gasteiger partial charge < -0.3 is 4.98 Å². The van der Waals surface area contributed by atoms with E-state index in [1.807, 2.05) is 0 Å². The Morgan fingerprint density at radius 3 is 2.59 bits per heavy atom. The Hall–Kier alpha value is -0.390. The molecule has 2 aliphatic carbocycles. The minimum Gasteiger partial charge on any atom is -0.309 e. The number of H-pyrrole nitrogens is 1. The molecule has 1 N–H and O–H groups in total. The van der Waals surface area contributed by atoms with Gasteiger partial charge in [0, 0.05) is 11.8 Å². The number of aromatic amines is 1. The first-order valence-corrected chi connectivity index (χ1v) is 7.54. The van der Waals surface area contributed by atoms with E-state index in [1.54, 1.807) is 0 Å². The van der Waals surface area contributed by atoms with Crippen molar-refractivity contribution in [3.8, 4) is 0 Å². The Balaban J connectivity index is 2.00. The summed E-state index contributed by atoms with van der Waals surface area (Å²) >= 11 is 2.15. The molecule has 2 atom stereocenters. The van der Waals surface area contributed by atoms with Crippen LogP contribution in [0.2, 0.25) is 0 Å². The Kier molecular flexibility index (Phi) is 3.00. The molecule has 92 valence electrons. The molecule has 1 aromatic rings. The fraction of sp³-hybridized carbons (Fsp3) is 0.692. The zero-order valence-corrected chi connectivity index (χ0v) is 12.2. The second kappa shape index (κ2) is 4.37. The van der Waals surface area contributed by atoms with E-state index in [9.17, 15) is 4.79 Å². The van der Waals surface area contributed by atoms with Gasteiger partial charge in [0.2, 0.25) is 0 Å². The predicted molar refractivity (Wildman–Crippen MR) is 75.3 cm³/mol. The maximum Gasteiger partial charge on any atom is 0.264 e. The SMILES string of the molecule is CC1CC1c1nc(C2CCCC2)c(I)c(=O)[nH]1. The molecule has 0 saturated heterocycles. The van der Waals surface area contributed by atoms with Crippen molar-refractivity contribution in [2.45, 2.75) is 50.9 Å². The van der Waals surface area contributed by atoms with Crippen LogP contribution in [0.15, 0.2) is 4.79 Å². The highest BCUT2D eigenvalue weighted by Gasteiger charge is 2.37. The van der Waals surface area contributed by atoms with Crippen LogP contribution in [-0.4, -0.2) is 9.97 Å². The minimum atomic E-state index is 0.0663. The van der Waals surface area contributed by atoms with Gasteiger partial charge in [0.15, 0.2) is 0 Å². The minimum absolute atomic E-state index is 0.0663. The maximum absolute atomic E-state index is 12.0. The molecular formula is C13H17IN2O. The van der Waals surface area contributed by atoms with Crippen molar-refractivity contribution in [2.75, 3.05) is 0 Å². The van der Waals surface area contributed by atoms with Gasteiger partial charge >= 0.3 is 0 Å². The lowest BCUT2D eigenvalue weighted by atomic mass is 10.0. The third-order valence-corrected chi connectivity index (χ3v) is 5.15. The number of aromatic nitrogens is 2. The quantitative estimate of drug-likeness (QED) is 0.838. The van der Waals surface area contributed by atoms with Crippen LogP contribution in [0.3, 0.4) is 0 Å². The lowest BCUT2D eigenvalue weighted by Crippen LogP contribution is -2.19. The molecule has 0 amide bonds. The molecule has 2 fully saturated rings. The largest absolute Gasteiger partial charge is 0.309 e. The Labute approximate surface area is 115 Å². The number of nitrogens with zero attached hydrogens (tertiary/aromatic N) is 1. The first-order valence-electron chi connectivity index (χ1n) is 6.46. The third kappa shape index (κ3) is 2.16. The molecule has 3 rings (SSSR count). The Morgan fingerprint density at radius 2 is 2.00 bits per heavy atom. The summed E-state index contributed by atoms with van der Waals surface area (Å²) in [6.07, 6.45) is 6.14. The number of hydrogen-bond donors (Lipinski definition) is 1. The van der Waals surface area contributed by atoms with Gasteiger partial charge in [-0.05, 0) is 47.8 Å². The van der Waals surface area contributed by atoms with E-state index < -0.39 is 0 Å². The molecule has 2 saturated carbocycles. The van der Waals surface area contributed by atoms with Gasteiger partial charge in [0.25, 0.3) is 5.56 Å². The van der Waals surface area contributed by atoms with Crippen LogP contribution in [0.25, 0.3) is 0 Å². The van der Waals surface area contributed by atoms with Gasteiger partial charge in [-0.15, -0.1) is 0 Å². The Morgan fingerprint density at radius 1 is 1.35 bits per heavy atom. The summed E-state index contributed by atoms with van der Waals surface area (Å²) in [7, 11) is 0. The summed E-state index contributed by atoms with van der Waals surface area (Å²) in [4.78, 5) is 19.7. The molecule has 1 heterocycles. The van der Waals surface area contributed by atoms with Gasteiger partial charge in [-0.1, -0.05) is 19.8 Å². The van der Waals surface area contributed by atoms with Crippen molar-refractivity contribution in [3.05, 3.63) is 25.4 Å². The molecule has 3 nitrogen and oxygen atoms in total. The summed E-state index contributed by atoms with van der Waals surface area (Å²) in [5, 5.41) is 0. The average molecular weight is 344 g/mol. The lowest BCUT2D eigenvalue weighted by molar-refractivity contribution is 0.670. The predicted octanol–water partition coefficient (Wildman–Crippen LogP) is 3.16. The van der Waals surface area contributed by atoms with E-state index in [1.165, 1.54) is 32.1 Å². The van der Waals surface area contributed by atoms with Crippen molar-refractivity contribution in [1.29, 1.82) is 0 Å². The van der Waals surface area contributed by atoms with Crippen LogP contribution in [0, 0.1) is 9.49 Å². The van der Waals surface area contributed by atoms with E-state index in [2.05, 4.69) is 34.5 Å². The second-order valence-electron chi connectivity index (χ2n) is 5.45. The van der Waals surface area contributed by atoms with E-state index in [0.29, 0.717) is 17.8 Å². The molecule has 2 aliphatic rings. The summed E-state index contributed by atoms with van der Waals surface area (Å²) in [6, 6.07) is 0. The molecule has 0 aromatic carbocycles. The van der Waals surface area contributed by atoms with Crippen LogP contribution >= 0.6 is 22.6 Å². The summed E-state index contributed by atoms with van der Waals surface area (Å²) < 4.78 is 0.812. The van der Waals surface area contributed by atoms with Crippen LogP contribution in [0.5, 0.6) is 0 Å². The average Bonchev–Trinajstić information content (AvgIpc) is 2.81. The van der Waals surface area contributed by atoms with Gasteiger partial charge in [-0.25, -0.2) is 4.98 Å². The lowest BCUT2D eigenvalue weighted by Gasteiger charge is -2.11. The van der Waals surface area contributed by atoms with E-state index in [-0.39, 0.29) is 5.56 Å². The van der Waals surface area contributed by atoms with Crippen LogP contribution in [0.1, 0.15) is 62.4 Å². The summed E-state index contributed by atoms with van der Waals surface area (Å²) in [5.41, 5.74) is 1.14. The van der Waals surface area contributed by atoms with Crippen LogP contribution in [-0.2, 0) is 0 Å². The molecule has 0 bridgehead atoms. The second-order valence-corrected chi connectivity index (χ2v) is 6.53. The molecule has 0 spiro atoms. The number of nitrogens with one attached hydrogen (secondary N) is 1. The zero-order chi connectivity index (χ0) is 12.0. The van der Waals surface area contributed by atoms with E-state index >= 15 is 0 Å². The highest BCUT2D eigenvalue weighted by atomic mass is 127. The van der Waals surface area contributed by atoms with Crippen molar-refractivity contribution in [1.82, 2.24) is 9.97 Å². The van der Waals surface area contributed by atoms with Crippen LogP contribution < -0.4 is 5.56 Å². The number of rotatable bonds is 2. The van der Waals surface area contributed by atoms with E-state index in [0.717, 1.165) is 15.1 Å². The van der Waals surface area contributed by atoms with Crippen molar-refractivity contribution in [2.24, 2.45) is 5.92 Å². The van der Waals surface area contributed by atoms with Gasteiger partial charge in [-0.2, -0.15) is 0 Å². The monoisotopic (exact) mass is 344 g/mol. The van der Waals surface area contributed by atoms with Gasteiger partial charge in [0.05, 0.1) is 9.26 Å². The van der Waals surface area contributed by atoms with E-state index in [4.69, 9.17) is 4.98 Å². The smallest absolute Gasteiger partial charge is 0.264 e. The molecule has 1 aromatic heterocycles. The van der Waals surface area contributed by atoms with Crippen LogP contribution in [0.4, 0.5) is 0 Å². The standard InChI is InChI=1S/C13H17IN2O/c1-7-6-9(7)12-15-11(8-4-2-3-5-8)10(14)13(17)16-12/h7-9H,2-6H2,1H3,(H,15,16,17). The number of halogens is 1. The highest BCUT2D eigenvalue weighted by Crippen LogP contribution is 2.45. The highest BCUT2D eigenvalue weighted by molar-refractivity contribution is 14.1. The molecule has 2 unspecified atom stereocenters. The van der Waals surface area contributed by atoms with Crippen molar-refractivity contribution < 1.29 is 0 Å². The fourth-order valence-corrected chi connectivity index (χ4v) is 3.54. The molecule has 0 radical (unpaired) electrons. The molecule has 0 aliphatic heterocycles. The third-order valence-electron chi connectivity index (χ3n) is 4.11.